The van der Waals surface area contributed by atoms with Gasteiger partial charge in [-0.3, -0.25) is 4.79 Å². The van der Waals surface area contributed by atoms with E-state index < -0.39 is 16.0 Å². The zero-order valence-electron chi connectivity index (χ0n) is 17.7. The summed E-state index contributed by atoms with van der Waals surface area (Å²) >= 11 is 0. The summed E-state index contributed by atoms with van der Waals surface area (Å²) in [7, 11) is -3.63. The van der Waals surface area contributed by atoms with E-state index in [1.54, 1.807) is 0 Å². The summed E-state index contributed by atoms with van der Waals surface area (Å²) in [5, 5.41) is 0. The molecule has 9 heteroatoms. The van der Waals surface area contributed by atoms with Crippen molar-refractivity contribution in [2.75, 3.05) is 32.9 Å². The average Bonchev–Trinajstić information content (AvgIpc) is 3.56. The molecular weight excluding hydrogens is 420 g/mol. The van der Waals surface area contributed by atoms with E-state index in [9.17, 15) is 18.0 Å². The fourth-order valence-electron chi connectivity index (χ4n) is 3.95. The molecule has 166 valence electrons. The number of ketones is 1. The Morgan fingerprint density at radius 3 is 2.35 bits per heavy atom. The Hall–Kier alpha value is -2.49. The van der Waals surface area contributed by atoms with Gasteiger partial charge in [0.15, 0.2) is 6.61 Å². The molecule has 1 aromatic heterocycles. The van der Waals surface area contributed by atoms with E-state index in [-0.39, 0.29) is 22.8 Å². The van der Waals surface area contributed by atoms with Crippen molar-refractivity contribution in [2.24, 2.45) is 0 Å². The third-order valence-electron chi connectivity index (χ3n) is 5.73. The van der Waals surface area contributed by atoms with Crippen LogP contribution >= 0.6 is 0 Å². The second kappa shape index (κ2) is 8.57. The van der Waals surface area contributed by atoms with Crippen LogP contribution in [0.3, 0.4) is 0 Å². The molecule has 31 heavy (non-hydrogen) atoms. The zero-order valence-corrected chi connectivity index (χ0v) is 18.5. The lowest BCUT2D eigenvalue weighted by atomic mass is 10.1. The van der Waals surface area contributed by atoms with Gasteiger partial charge < -0.3 is 14.0 Å². The highest BCUT2D eigenvalue weighted by atomic mass is 32.2. The predicted molar refractivity (Wildman–Crippen MR) is 113 cm³/mol. The molecular formula is C22H26N2O6S. The molecule has 0 radical (unpaired) electrons. The van der Waals surface area contributed by atoms with Crippen LogP contribution in [0.5, 0.6) is 0 Å². The predicted octanol–water partition coefficient (Wildman–Crippen LogP) is 2.50. The van der Waals surface area contributed by atoms with Crippen molar-refractivity contribution in [3.8, 4) is 0 Å². The summed E-state index contributed by atoms with van der Waals surface area (Å²) in [6, 6.07) is 7.88. The van der Waals surface area contributed by atoms with Gasteiger partial charge >= 0.3 is 5.97 Å². The second-order valence-electron chi connectivity index (χ2n) is 7.93. The number of morpholine rings is 1. The van der Waals surface area contributed by atoms with Crippen LogP contribution < -0.4 is 0 Å². The molecule has 1 saturated carbocycles. The number of esters is 1. The first-order valence-corrected chi connectivity index (χ1v) is 11.8. The fourth-order valence-corrected chi connectivity index (χ4v) is 5.35. The van der Waals surface area contributed by atoms with Gasteiger partial charge in [0.2, 0.25) is 15.8 Å². The lowest BCUT2D eigenvalue weighted by Gasteiger charge is -2.26. The van der Waals surface area contributed by atoms with Gasteiger partial charge in [-0.1, -0.05) is 0 Å². The number of aryl methyl sites for hydroxylation is 1. The molecule has 8 nitrogen and oxygen atoms in total. The van der Waals surface area contributed by atoms with E-state index >= 15 is 0 Å². The topological polar surface area (TPSA) is 94.9 Å². The first kappa shape index (κ1) is 21.7. The maximum Gasteiger partial charge on any atom is 0.338 e. The molecule has 2 aliphatic rings. The standard InChI is InChI=1S/C22H26N2O6S/c1-15-13-20(16(2)24(15)18-5-6-18)21(25)14-30-22(26)17-3-7-19(8-4-17)31(27,28)23-9-11-29-12-10-23/h3-4,7-8,13,18H,5-6,9-12,14H2,1-2H3. The molecule has 2 heterocycles. The van der Waals surface area contributed by atoms with E-state index in [0.29, 0.717) is 37.9 Å². The second-order valence-corrected chi connectivity index (χ2v) is 9.86. The van der Waals surface area contributed by atoms with Gasteiger partial charge in [0.1, 0.15) is 0 Å². The van der Waals surface area contributed by atoms with Crippen molar-refractivity contribution in [1.29, 1.82) is 0 Å². The van der Waals surface area contributed by atoms with Crippen LogP contribution in [0.25, 0.3) is 0 Å². The molecule has 2 fully saturated rings. The number of hydrogen-bond donors (Lipinski definition) is 0. The molecule has 1 aromatic carbocycles. The summed E-state index contributed by atoms with van der Waals surface area (Å²) in [5.74, 6) is -0.917. The molecule has 0 N–H and O–H groups in total. The minimum Gasteiger partial charge on any atom is -0.454 e. The van der Waals surface area contributed by atoms with Crippen molar-refractivity contribution < 1.29 is 27.5 Å². The van der Waals surface area contributed by atoms with Crippen LogP contribution in [0, 0.1) is 13.8 Å². The lowest BCUT2D eigenvalue weighted by Crippen LogP contribution is -2.40. The molecule has 0 amide bonds. The van der Waals surface area contributed by atoms with Gasteiger partial charge in [0.25, 0.3) is 0 Å². The zero-order chi connectivity index (χ0) is 22.2. The number of carbonyl (C=O) groups is 2. The van der Waals surface area contributed by atoms with E-state index in [2.05, 4.69) is 4.57 Å². The smallest absolute Gasteiger partial charge is 0.338 e. The summed E-state index contributed by atoms with van der Waals surface area (Å²) in [6.45, 7) is 4.85. The number of sulfonamides is 1. The van der Waals surface area contributed by atoms with Gasteiger partial charge in [-0.15, -0.1) is 0 Å². The van der Waals surface area contributed by atoms with Crippen molar-refractivity contribution in [2.45, 2.75) is 37.6 Å². The largest absolute Gasteiger partial charge is 0.454 e. The van der Waals surface area contributed by atoms with E-state index in [0.717, 1.165) is 24.2 Å². The molecule has 0 atom stereocenters. The van der Waals surface area contributed by atoms with E-state index in [4.69, 9.17) is 9.47 Å². The Labute approximate surface area is 181 Å². The number of ether oxygens (including phenoxy) is 2. The minimum atomic E-state index is -3.63. The van der Waals surface area contributed by atoms with Gasteiger partial charge in [0, 0.05) is 36.1 Å². The maximum absolute atomic E-state index is 12.7. The number of hydrogen-bond acceptors (Lipinski definition) is 6. The van der Waals surface area contributed by atoms with Gasteiger partial charge in [-0.25, -0.2) is 13.2 Å². The molecule has 1 saturated heterocycles. The third-order valence-corrected chi connectivity index (χ3v) is 7.64. The first-order chi connectivity index (χ1) is 14.8. The van der Waals surface area contributed by atoms with Crippen molar-refractivity contribution >= 4 is 21.8 Å². The summed E-state index contributed by atoms with van der Waals surface area (Å²) in [5.41, 5.74) is 2.70. The third kappa shape index (κ3) is 4.44. The van der Waals surface area contributed by atoms with Gasteiger partial charge in [-0.05, 0) is 57.0 Å². The Morgan fingerprint density at radius 2 is 1.74 bits per heavy atom. The monoisotopic (exact) mass is 446 g/mol. The number of aromatic nitrogens is 1. The van der Waals surface area contributed by atoms with Crippen LogP contribution in [0.4, 0.5) is 0 Å². The number of rotatable bonds is 7. The lowest BCUT2D eigenvalue weighted by molar-refractivity contribution is 0.0474. The van der Waals surface area contributed by atoms with Crippen LogP contribution in [-0.4, -0.2) is 62.0 Å². The summed E-state index contributed by atoms with van der Waals surface area (Å²) in [4.78, 5) is 25.1. The average molecular weight is 447 g/mol. The number of benzene rings is 1. The Bertz CT molecular complexity index is 1090. The number of nitrogens with zero attached hydrogens (tertiary/aromatic N) is 2. The van der Waals surface area contributed by atoms with Crippen molar-refractivity contribution in [3.05, 3.63) is 52.8 Å². The van der Waals surface area contributed by atoms with E-state index in [1.165, 1.54) is 28.6 Å². The van der Waals surface area contributed by atoms with Crippen LogP contribution in [0.2, 0.25) is 0 Å². The number of Topliss-reactive ketones (excluding diaryl/α,β-unsaturated/α-hetero) is 1. The highest BCUT2D eigenvalue weighted by Crippen LogP contribution is 2.38. The minimum absolute atomic E-state index is 0.106. The Morgan fingerprint density at radius 1 is 1.10 bits per heavy atom. The van der Waals surface area contributed by atoms with Crippen LogP contribution in [0.1, 0.15) is 51.0 Å². The molecule has 2 aromatic rings. The summed E-state index contributed by atoms with van der Waals surface area (Å²) in [6.07, 6.45) is 2.24. The Balaban J connectivity index is 1.39. The highest BCUT2D eigenvalue weighted by molar-refractivity contribution is 7.89. The molecule has 0 unspecified atom stereocenters. The quantitative estimate of drug-likeness (QED) is 0.479. The molecule has 4 rings (SSSR count). The van der Waals surface area contributed by atoms with Crippen LogP contribution in [-0.2, 0) is 19.5 Å². The normalized spacial score (nSPS) is 17.5. The van der Waals surface area contributed by atoms with Crippen molar-refractivity contribution in [3.63, 3.8) is 0 Å². The van der Waals surface area contributed by atoms with Crippen molar-refractivity contribution in [1.82, 2.24) is 8.87 Å². The molecule has 0 bridgehead atoms. The first-order valence-electron chi connectivity index (χ1n) is 10.4. The molecule has 1 aliphatic carbocycles. The summed E-state index contributed by atoms with van der Waals surface area (Å²) < 4.78 is 39.2. The van der Waals surface area contributed by atoms with Gasteiger partial charge in [0.05, 0.1) is 23.7 Å². The number of carbonyl (C=O) groups excluding carboxylic acids is 2. The molecule has 0 spiro atoms. The molecule has 1 aliphatic heterocycles. The SMILES string of the molecule is Cc1cc(C(=O)COC(=O)c2ccc(S(=O)(=O)N3CCOCC3)cc2)c(C)n1C1CC1. The maximum atomic E-state index is 12.7. The van der Waals surface area contributed by atoms with E-state index in [1.807, 2.05) is 19.9 Å². The highest BCUT2D eigenvalue weighted by Gasteiger charge is 2.29. The van der Waals surface area contributed by atoms with Gasteiger partial charge in [-0.2, -0.15) is 4.31 Å². The fraction of sp³-hybridized carbons (Fsp3) is 0.455. The van der Waals surface area contributed by atoms with Crippen LogP contribution in [0.15, 0.2) is 35.2 Å². The Kier molecular flexibility index (Phi) is 6.00.